The monoisotopic (exact) mass is 347 g/mol. The van der Waals surface area contributed by atoms with Gasteiger partial charge in [-0.1, -0.05) is 12.1 Å². The Labute approximate surface area is 152 Å². The zero-order chi connectivity index (χ0) is 18.1. The van der Waals surface area contributed by atoms with E-state index in [0.717, 1.165) is 35.4 Å². The Hall–Kier alpha value is -3.02. The first-order chi connectivity index (χ1) is 12.6. The maximum atomic E-state index is 13.0. The number of carbonyl (C=O) groups is 1. The molecule has 0 saturated heterocycles. The van der Waals surface area contributed by atoms with E-state index in [0.29, 0.717) is 18.2 Å². The van der Waals surface area contributed by atoms with E-state index in [2.05, 4.69) is 15.3 Å². The van der Waals surface area contributed by atoms with Gasteiger partial charge < -0.3 is 4.90 Å². The Kier molecular flexibility index (Phi) is 4.24. The fraction of sp³-hybridized carbons (Fsp3) is 0.300. The highest BCUT2D eigenvalue weighted by molar-refractivity contribution is 5.95. The van der Waals surface area contributed by atoms with Crippen LogP contribution in [0.3, 0.4) is 0 Å². The van der Waals surface area contributed by atoms with Gasteiger partial charge in [0.25, 0.3) is 5.91 Å². The molecule has 0 radical (unpaired) electrons. The molecule has 1 aromatic carbocycles. The molecule has 1 aliphatic rings. The standard InChI is InChI=1S/C20H21N5O/c1-14-3-10-19(23-22-14)16-4-6-17(7-5-16)20(26)25(18-8-9-18)13-15-11-21-24(2)12-15/h3-7,10-12,18H,8-9,13H2,1-2H3. The van der Waals surface area contributed by atoms with Crippen molar-refractivity contribution in [2.45, 2.75) is 32.4 Å². The van der Waals surface area contributed by atoms with Crippen molar-refractivity contribution in [1.82, 2.24) is 24.9 Å². The second-order valence-corrected chi connectivity index (χ2v) is 6.82. The number of hydrogen-bond acceptors (Lipinski definition) is 4. The van der Waals surface area contributed by atoms with Gasteiger partial charge in [0.15, 0.2) is 0 Å². The van der Waals surface area contributed by atoms with Gasteiger partial charge in [-0.25, -0.2) is 0 Å². The lowest BCUT2D eigenvalue weighted by Crippen LogP contribution is -2.32. The minimum Gasteiger partial charge on any atom is -0.331 e. The molecule has 3 aromatic rings. The molecule has 1 amide bonds. The van der Waals surface area contributed by atoms with E-state index >= 15 is 0 Å². The van der Waals surface area contributed by atoms with E-state index < -0.39 is 0 Å². The molecule has 0 atom stereocenters. The molecule has 0 unspecified atom stereocenters. The molecule has 6 heteroatoms. The summed E-state index contributed by atoms with van der Waals surface area (Å²) in [4.78, 5) is 15.0. The molecule has 2 heterocycles. The van der Waals surface area contributed by atoms with E-state index in [1.807, 2.05) is 67.7 Å². The van der Waals surface area contributed by atoms with Crippen LogP contribution in [-0.4, -0.2) is 36.8 Å². The molecule has 0 bridgehead atoms. The van der Waals surface area contributed by atoms with Crippen molar-refractivity contribution in [1.29, 1.82) is 0 Å². The van der Waals surface area contributed by atoms with Crippen molar-refractivity contribution < 1.29 is 4.79 Å². The topological polar surface area (TPSA) is 63.9 Å². The number of hydrogen-bond donors (Lipinski definition) is 0. The van der Waals surface area contributed by atoms with Crippen molar-refractivity contribution in [3.05, 3.63) is 65.6 Å². The van der Waals surface area contributed by atoms with Gasteiger partial charge in [-0.05, 0) is 44.0 Å². The summed E-state index contributed by atoms with van der Waals surface area (Å²) in [6.45, 7) is 2.51. The van der Waals surface area contributed by atoms with E-state index in [-0.39, 0.29) is 5.91 Å². The third kappa shape index (κ3) is 3.49. The van der Waals surface area contributed by atoms with Crippen molar-refractivity contribution in [3.8, 4) is 11.3 Å². The summed E-state index contributed by atoms with van der Waals surface area (Å²) in [5.41, 5.74) is 4.41. The average molecular weight is 347 g/mol. The number of rotatable bonds is 5. The minimum absolute atomic E-state index is 0.0675. The molecule has 0 aliphatic heterocycles. The minimum atomic E-state index is 0.0675. The molecule has 1 fully saturated rings. The molecule has 1 aliphatic carbocycles. The first-order valence-electron chi connectivity index (χ1n) is 8.79. The van der Waals surface area contributed by atoms with Crippen LogP contribution in [0, 0.1) is 6.92 Å². The van der Waals surface area contributed by atoms with Crippen LogP contribution in [-0.2, 0) is 13.6 Å². The second kappa shape index (κ2) is 6.71. The zero-order valence-electron chi connectivity index (χ0n) is 15.0. The van der Waals surface area contributed by atoms with Crippen LogP contribution in [0.2, 0.25) is 0 Å². The fourth-order valence-corrected chi connectivity index (χ4v) is 3.01. The van der Waals surface area contributed by atoms with E-state index in [9.17, 15) is 4.79 Å². The summed E-state index contributed by atoms with van der Waals surface area (Å²) in [6, 6.07) is 11.8. The van der Waals surface area contributed by atoms with E-state index in [4.69, 9.17) is 0 Å². The Morgan fingerprint density at radius 2 is 1.92 bits per heavy atom. The van der Waals surface area contributed by atoms with Gasteiger partial charge in [-0.15, -0.1) is 0 Å². The maximum Gasteiger partial charge on any atom is 0.254 e. The van der Waals surface area contributed by atoms with Gasteiger partial charge in [-0.2, -0.15) is 15.3 Å². The number of carbonyl (C=O) groups excluding carboxylic acids is 1. The molecule has 2 aromatic heterocycles. The predicted octanol–water partition coefficient (Wildman–Crippen LogP) is 2.99. The summed E-state index contributed by atoms with van der Waals surface area (Å²) in [5.74, 6) is 0.0675. The summed E-state index contributed by atoms with van der Waals surface area (Å²) in [7, 11) is 1.89. The Morgan fingerprint density at radius 1 is 1.15 bits per heavy atom. The summed E-state index contributed by atoms with van der Waals surface area (Å²) in [5, 5.41) is 12.5. The molecular weight excluding hydrogens is 326 g/mol. The van der Waals surface area contributed by atoms with Crippen LogP contribution in [0.15, 0.2) is 48.8 Å². The zero-order valence-corrected chi connectivity index (χ0v) is 15.0. The third-order valence-electron chi connectivity index (χ3n) is 4.59. The van der Waals surface area contributed by atoms with Crippen molar-refractivity contribution in [2.24, 2.45) is 7.05 Å². The highest BCUT2D eigenvalue weighted by Gasteiger charge is 2.33. The molecule has 0 spiro atoms. The molecule has 26 heavy (non-hydrogen) atoms. The van der Waals surface area contributed by atoms with Gasteiger partial charge in [0.05, 0.1) is 17.6 Å². The van der Waals surface area contributed by atoms with Crippen LogP contribution >= 0.6 is 0 Å². The third-order valence-corrected chi connectivity index (χ3v) is 4.59. The van der Waals surface area contributed by atoms with Gasteiger partial charge in [0.1, 0.15) is 0 Å². The Bertz CT molecular complexity index is 910. The molecular formula is C20H21N5O. The van der Waals surface area contributed by atoms with Crippen molar-refractivity contribution in [3.63, 3.8) is 0 Å². The van der Waals surface area contributed by atoms with Gasteiger partial charge in [0, 0.05) is 42.5 Å². The number of nitrogens with zero attached hydrogens (tertiary/aromatic N) is 5. The fourth-order valence-electron chi connectivity index (χ4n) is 3.01. The first kappa shape index (κ1) is 16.4. The lowest BCUT2D eigenvalue weighted by molar-refractivity contribution is 0.0730. The first-order valence-corrected chi connectivity index (χ1v) is 8.79. The Morgan fingerprint density at radius 3 is 2.50 bits per heavy atom. The average Bonchev–Trinajstić information content (AvgIpc) is 3.42. The number of aromatic nitrogens is 4. The summed E-state index contributed by atoms with van der Waals surface area (Å²) in [6.07, 6.45) is 5.93. The quantitative estimate of drug-likeness (QED) is 0.712. The largest absolute Gasteiger partial charge is 0.331 e. The number of aryl methyl sites for hydroxylation is 2. The second-order valence-electron chi connectivity index (χ2n) is 6.82. The lowest BCUT2D eigenvalue weighted by atomic mass is 10.1. The van der Waals surface area contributed by atoms with Crippen LogP contribution in [0.25, 0.3) is 11.3 Å². The van der Waals surface area contributed by atoms with Crippen LogP contribution in [0.5, 0.6) is 0 Å². The molecule has 0 N–H and O–H groups in total. The normalized spacial score (nSPS) is 13.6. The van der Waals surface area contributed by atoms with E-state index in [1.54, 1.807) is 4.68 Å². The highest BCUT2D eigenvalue weighted by atomic mass is 16.2. The highest BCUT2D eigenvalue weighted by Crippen LogP contribution is 2.30. The maximum absolute atomic E-state index is 13.0. The molecule has 132 valence electrons. The van der Waals surface area contributed by atoms with Gasteiger partial charge in [-0.3, -0.25) is 9.48 Å². The summed E-state index contributed by atoms with van der Waals surface area (Å²) < 4.78 is 1.77. The van der Waals surface area contributed by atoms with E-state index in [1.165, 1.54) is 0 Å². The van der Waals surface area contributed by atoms with Gasteiger partial charge in [0.2, 0.25) is 0 Å². The Balaban J connectivity index is 1.53. The van der Waals surface area contributed by atoms with Crippen LogP contribution in [0.4, 0.5) is 0 Å². The van der Waals surface area contributed by atoms with Crippen LogP contribution in [0.1, 0.15) is 34.5 Å². The smallest absolute Gasteiger partial charge is 0.254 e. The predicted molar refractivity (Wildman–Crippen MR) is 98.3 cm³/mol. The molecule has 1 saturated carbocycles. The summed E-state index contributed by atoms with van der Waals surface area (Å²) >= 11 is 0. The van der Waals surface area contributed by atoms with Gasteiger partial charge >= 0.3 is 0 Å². The molecule has 4 rings (SSSR count). The lowest BCUT2D eigenvalue weighted by Gasteiger charge is -2.22. The van der Waals surface area contributed by atoms with Crippen molar-refractivity contribution in [2.75, 3.05) is 0 Å². The number of benzene rings is 1. The van der Waals surface area contributed by atoms with Crippen LogP contribution < -0.4 is 0 Å². The van der Waals surface area contributed by atoms with Crippen molar-refractivity contribution >= 4 is 5.91 Å². The SMILES string of the molecule is Cc1ccc(-c2ccc(C(=O)N(Cc3cnn(C)c3)C3CC3)cc2)nn1. The molecule has 6 nitrogen and oxygen atoms in total. The number of amides is 1.